The molecule has 0 unspecified atom stereocenters. The summed E-state index contributed by atoms with van der Waals surface area (Å²) in [5, 5.41) is 11.7. The van der Waals surface area contributed by atoms with Crippen LogP contribution in [-0.2, 0) is 9.31 Å². The van der Waals surface area contributed by atoms with Crippen LogP contribution in [0, 0.1) is 6.92 Å². The van der Waals surface area contributed by atoms with Gasteiger partial charge >= 0.3 is 7.12 Å². The number of aliphatic imine (C=N–C) groups is 1. The van der Waals surface area contributed by atoms with Gasteiger partial charge in [-0.25, -0.2) is 4.99 Å². The van der Waals surface area contributed by atoms with Crippen molar-refractivity contribution < 1.29 is 18.8 Å². The second-order valence-electron chi connectivity index (χ2n) is 9.34. The number of pyridine rings is 1. The fraction of sp³-hybridized carbons (Fsp3) is 0.280. The predicted octanol–water partition coefficient (Wildman–Crippen LogP) is 4.64. The van der Waals surface area contributed by atoms with Gasteiger partial charge < -0.3 is 23.8 Å². The first-order chi connectivity index (χ1) is 15.6. The zero-order valence-corrected chi connectivity index (χ0v) is 19.3. The highest BCUT2D eigenvalue weighted by molar-refractivity contribution is 6.62. The molecule has 7 nitrogen and oxygen atoms in total. The monoisotopic (exact) mass is 443 g/mol. The first kappa shape index (κ1) is 21.5. The first-order valence-corrected chi connectivity index (χ1v) is 10.9. The average Bonchev–Trinajstić information content (AvgIpc) is 3.43. The second-order valence-corrected chi connectivity index (χ2v) is 9.34. The number of nitrogens with zero attached hydrogens (tertiary/aromatic N) is 2. The minimum Gasteiger partial charge on any atom is -0.494 e. The van der Waals surface area contributed by atoms with Gasteiger partial charge in [-0.05, 0) is 70.4 Å². The maximum Gasteiger partial charge on any atom is 0.494 e. The van der Waals surface area contributed by atoms with Crippen LogP contribution in [0.2, 0.25) is 0 Å². The van der Waals surface area contributed by atoms with Crippen molar-refractivity contribution in [3.63, 3.8) is 0 Å². The van der Waals surface area contributed by atoms with E-state index >= 15 is 0 Å². The Balaban J connectivity index is 1.61. The molecule has 3 aromatic heterocycles. The van der Waals surface area contributed by atoms with Gasteiger partial charge in [0.05, 0.1) is 28.7 Å². The molecule has 5 rings (SSSR count). The molecule has 0 spiro atoms. The SMILES string of the molecule is Cc1cc(N=C(c2ccco2)c2c(O)[nH]c3cc(B4OC(C)(C)C(C)(C)O4)ccc23)ccn1. The molecule has 168 valence electrons. The lowest BCUT2D eigenvalue weighted by molar-refractivity contribution is 0.00578. The molecule has 0 amide bonds. The molecule has 0 bridgehead atoms. The fourth-order valence-electron chi connectivity index (χ4n) is 3.94. The van der Waals surface area contributed by atoms with Crippen LogP contribution in [0.3, 0.4) is 0 Å². The lowest BCUT2D eigenvalue weighted by Gasteiger charge is -2.32. The summed E-state index contributed by atoms with van der Waals surface area (Å²) in [7, 11) is -0.494. The second kappa shape index (κ2) is 7.61. The first-order valence-electron chi connectivity index (χ1n) is 10.9. The van der Waals surface area contributed by atoms with E-state index in [-0.39, 0.29) is 5.88 Å². The molecule has 1 aliphatic rings. The van der Waals surface area contributed by atoms with Crippen molar-refractivity contribution in [2.45, 2.75) is 45.8 Å². The Morgan fingerprint density at radius 3 is 2.48 bits per heavy atom. The van der Waals surface area contributed by atoms with Crippen LogP contribution in [-0.4, -0.2) is 39.1 Å². The van der Waals surface area contributed by atoms with Gasteiger partial charge in [-0.3, -0.25) is 4.98 Å². The minimum absolute atomic E-state index is 0.0111. The van der Waals surface area contributed by atoms with E-state index in [0.717, 1.165) is 27.7 Å². The van der Waals surface area contributed by atoms with Crippen molar-refractivity contribution in [1.82, 2.24) is 9.97 Å². The maximum atomic E-state index is 10.9. The zero-order valence-electron chi connectivity index (χ0n) is 19.3. The molecule has 1 aliphatic heterocycles. The van der Waals surface area contributed by atoms with Gasteiger partial charge in [0.1, 0.15) is 5.71 Å². The number of hydrogen-bond donors (Lipinski definition) is 2. The number of hydrogen-bond acceptors (Lipinski definition) is 6. The number of aryl methyl sites for hydroxylation is 1. The number of nitrogens with one attached hydrogen (secondary N) is 1. The highest BCUT2D eigenvalue weighted by Gasteiger charge is 2.51. The van der Waals surface area contributed by atoms with E-state index in [9.17, 15) is 5.11 Å². The Labute approximate surface area is 192 Å². The number of rotatable bonds is 4. The van der Waals surface area contributed by atoms with Crippen LogP contribution in [0.1, 0.15) is 44.7 Å². The van der Waals surface area contributed by atoms with Gasteiger partial charge in [0.15, 0.2) is 11.6 Å². The quantitative estimate of drug-likeness (QED) is 0.354. The van der Waals surface area contributed by atoms with E-state index in [1.165, 1.54) is 0 Å². The Bertz CT molecular complexity index is 1340. The van der Waals surface area contributed by atoms with Crippen molar-refractivity contribution in [3.05, 3.63) is 71.9 Å². The van der Waals surface area contributed by atoms with Crippen molar-refractivity contribution in [2.24, 2.45) is 4.99 Å². The zero-order chi connectivity index (χ0) is 23.4. The van der Waals surface area contributed by atoms with E-state index < -0.39 is 18.3 Å². The number of benzene rings is 1. The number of fused-ring (bicyclic) bond motifs is 1. The van der Waals surface area contributed by atoms with Crippen molar-refractivity contribution in [3.8, 4) is 5.88 Å². The van der Waals surface area contributed by atoms with Crippen molar-refractivity contribution in [1.29, 1.82) is 0 Å². The molecule has 33 heavy (non-hydrogen) atoms. The Hall–Kier alpha value is -3.36. The molecular weight excluding hydrogens is 417 g/mol. The summed E-state index contributed by atoms with van der Waals surface area (Å²) >= 11 is 0. The summed E-state index contributed by atoms with van der Waals surface area (Å²) in [6.07, 6.45) is 3.30. The highest BCUT2D eigenvalue weighted by atomic mass is 16.7. The molecule has 4 aromatic rings. The molecule has 0 aliphatic carbocycles. The van der Waals surface area contributed by atoms with Crippen LogP contribution < -0.4 is 5.46 Å². The van der Waals surface area contributed by atoms with Crippen LogP contribution in [0.15, 0.2) is 64.3 Å². The minimum atomic E-state index is -0.494. The molecule has 2 N–H and O–H groups in total. The van der Waals surface area contributed by atoms with Crippen LogP contribution in [0.4, 0.5) is 5.69 Å². The predicted molar refractivity (Wildman–Crippen MR) is 129 cm³/mol. The van der Waals surface area contributed by atoms with Crippen molar-refractivity contribution >= 4 is 34.9 Å². The lowest BCUT2D eigenvalue weighted by Crippen LogP contribution is -2.41. The fourth-order valence-corrected chi connectivity index (χ4v) is 3.94. The van der Waals surface area contributed by atoms with Crippen LogP contribution >= 0.6 is 0 Å². The van der Waals surface area contributed by atoms with Crippen LogP contribution in [0.5, 0.6) is 5.88 Å². The molecule has 4 heterocycles. The summed E-state index contributed by atoms with van der Waals surface area (Å²) in [5.74, 6) is 0.563. The third-order valence-electron chi connectivity index (χ3n) is 6.44. The van der Waals surface area contributed by atoms with Gasteiger partial charge in [-0.2, -0.15) is 0 Å². The number of aromatic amines is 1. The highest BCUT2D eigenvalue weighted by Crippen LogP contribution is 2.37. The molecule has 0 radical (unpaired) electrons. The number of furan rings is 1. The standard InChI is InChI=1S/C25H26BN3O4/c1-15-13-17(10-11-27-15)28-22(20-7-6-12-31-20)21-18-9-8-16(14-19(18)29-23(21)30)26-32-24(2,3)25(4,5)33-26/h6-14,29-30H,1-5H3. The van der Waals surface area contributed by atoms with E-state index in [4.69, 9.17) is 18.7 Å². The molecular formula is C25H26BN3O4. The lowest BCUT2D eigenvalue weighted by atomic mass is 9.78. The summed E-state index contributed by atoms with van der Waals surface area (Å²) in [6.45, 7) is 10.0. The molecule has 0 atom stereocenters. The van der Waals surface area contributed by atoms with Crippen LogP contribution in [0.25, 0.3) is 10.9 Å². The number of H-pyrrole nitrogens is 1. The third kappa shape index (κ3) is 3.75. The Morgan fingerprint density at radius 2 is 1.82 bits per heavy atom. The smallest absolute Gasteiger partial charge is 0.494 e. The van der Waals surface area contributed by atoms with Gasteiger partial charge in [0.2, 0.25) is 0 Å². The summed E-state index contributed by atoms with van der Waals surface area (Å²) in [6, 6.07) is 13.2. The summed E-state index contributed by atoms with van der Waals surface area (Å²) in [5.41, 5.74) is 3.42. The molecule has 1 fully saturated rings. The van der Waals surface area contributed by atoms with E-state index in [0.29, 0.717) is 17.0 Å². The number of aromatic hydroxyl groups is 1. The van der Waals surface area contributed by atoms with Gasteiger partial charge in [-0.1, -0.05) is 12.1 Å². The number of aromatic nitrogens is 2. The summed E-state index contributed by atoms with van der Waals surface area (Å²) < 4.78 is 18.0. The Kier molecular flexibility index (Phi) is 4.95. The van der Waals surface area contributed by atoms with E-state index in [1.54, 1.807) is 18.5 Å². The van der Waals surface area contributed by atoms with Gasteiger partial charge in [-0.15, -0.1) is 0 Å². The normalized spacial score (nSPS) is 17.7. The van der Waals surface area contributed by atoms with E-state index in [2.05, 4.69) is 9.97 Å². The molecule has 0 saturated carbocycles. The van der Waals surface area contributed by atoms with Crippen molar-refractivity contribution in [2.75, 3.05) is 0 Å². The maximum absolute atomic E-state index is 10.9. The molecule has 1 saturated heterocycles. The molecule has 1 aromatic carbocycles. The average molecular weight is 443 g/mol. The molecule has 8 heteroatoms. The van der Waals surface area contributed by atoms with E-state index in [1.807, 2.05) is 71.0 Å². The largest absolute Gasteiger partial charge is 0.494 e. The Morgan fingerprint density at radius 1 is 1.06 bits per heavy atom. The third-order valence-corrected chi connectivity index (χ3v) is 6.44. The van der Waals surface area contributed by atoms with Gasteiger partial charge in [0.25, 0.3) is 0 Å². The van der Waals surface area contributed by atoms with Gasteiger partial charge in [0, 0.05) is 22.8 Å². The topological polar surface area (TPSA) is 92.9 Å². The summed E-state index contributed by atoms with van der Waals surface area (Å²) in [4.78, 5) is 12.1.